The highest BCUT2D eigenvalue weighted by Gasteiger charge is 2.55. The van der Waals surface area contributed by atoms with Gasteiger partial charge in [-0.3, -0.25) is 4.90 Å². The van der Waals surface area contributed by atoms with Gasteiger partial charge in [0.15, 0.2) is 6.29 Å². The molecular weight excluding hydrogens is 234 g/mol. The van der Waals surface area contributed by atoms with Crippen molar-refractivity contribution >= 4 is 6.09 Å². The monoisotopic (exact) mass is 257 g/mol. The predicted octanol–water partition coefficient (Wildman–Crippen LogP) is 1.74. The van der Waals surface area contributed by atoms with Gasteiger partial charge in [-0.25, -0.2) is 4.79 Å². The number of hydrogen-bond donors (Lipinski definition) is 1. The topological polar surface area (TPSA) is 59.0 Å². The summed E-state index contributed by atoms with van der Waals surface area (Å²) in [4.78, 5) is 13.8. The first-order valence-electron chi connectivity index (χ1n) is 6.47. The fourth-order valence-corrected chi connectivity index (χ4v) is 2.57. The highest BCUT2D eigenvalue weighted by atomic mass is 16.6. The molecule has 1 heterocycles. The quantitative estimate of drug-likeness (QED) is 0.766. The van der Waals surface area contributed by atoms with E-state index in [0.717, 1.165) is 19.3 Å². The van der Waals surface area contributed by atoms with E-state index in [1.165, 1.54) is 7.11 Å². The molecule has 1 aliphatic heterocycles. The van der Waals surface area contributed by atoms with Crippen molar-refractivity contribution in [3.63, 3.8) is 0 Å². The maximum absolute atomic E-state index is 12.1. The van der Waals surface area contributed by atoms with Gasteiger partial charge in [0.1, 0.15) is 5.60 Å². The Balaban J connectivity index is 2.06. The predicted molar refractivity (Wildman–Crippen MR) is 66.0 cm³/mol. The maximum atomic E-state index is 12.1. The molecule has 1 saturated heterocycles. The number of methoxy groups -OCH3 is 1. The zero-order valence-electron chi connectivity index (χ0n) is 11.6. The number of nitrogens with zero attached hydrogens (tertiary/aromatic N) is 1. The standard InChI is InChI=1S/C13H23NO4/c1-12(2,3)18-11(16)14-8-13(5-6-13)7-9(14)10(15)17-4/h9-10,15H,5-8H2,1-4H3. The Morgan fingerprint density at radius 1 is 1.44 bits per heavy atom. The molecule has 1 spiro atoms. The Kier molecular flexibility index (Phi) is 3.32. The maximum Gasteiger partial charge on any atom is 0.410 e. The van der Waals surface area contributed by atoms with E-state index in [1.54, 1.807) is 4.90 Å². The highest BCUT2D eigenvalue weighted by molar-refractivity contribution is 5.69. The number of hydrogen-bond acceptors (Lipinski definition) is 4. The molecule has 2 unspecified atom stereocenters. The molecule has 1 aliphatic carbocycles. The summed E-state index contributed by atoms with van der Waals surface area (Å²) in [5.74, 6) is 0. The molecule has 1 N–H and O–H groups in total. The van der Waals surface area contributed by atoms with E-state index in [0.29, 0.717) is 6.54 Å². The fraction of sp³-hybridized carbons (Fsp3) is 0.923. The van der Waals surface area contributed by atoms with Gasteiger partial charge >= 0.3 is 6.09 Å². The van der Waals surface area contributed by atoms with Crippen molar-refractivity contribution in [3.05, 3.63) is 0 Å². The molecule has 18 heavy (non-hydrogen) atoms. The number of likely N-dealkylation sites (tertiary alicyclic amines) is 1. The Morgan fingerprint density at radius 2 is 2.06 bits per heavy atom. The zero-order valence-corrected chi connectivity index (χ0v) is 11.6. The molecule has 1 amide bonds. The Labute approximate surface area is 108 Å². The van der Waals surface area contributed by atoms with E-state index in [4.69, 9.17) is 9.47 Å². The third-order valence-electron chi connectivity index (χ3n) is 3.70. The van der Waals surface area contributed by atoms with Crippen molar-refractivity contribution < 1.29 is 19.4 Å². The average molecular weight is 257 g/mol. The highest BCUT2D eigenvalue weighted by Crippen LogP contribution is 2.55. The van der Waals surface area contributed by atoms with Crippen molar-refractivity contribution in [1.82, 2.24) is 4.90 Å². The molecular formula is C13H23NO4. The summed E-state index contributed by atoms with van der Waals surface area (Å²) in [5, 5.41) is 9.86. The van der Waals surface area contributed by atoms with Gasteiger partial charge in [0.25, 0.3) is 0 Å². The number of rotatable bonds is 2. The van der Waals surface area contributed by atoms with Gasteiger partial charge in [0.05, 0.1) is 6.04 Å². The van der Waals surface area contributed by atoms with Gasteiger partial charge in [0, 0.05) is 13.7 Å². The van der Waals surface area contributed by atoms with Crippen LogP contribution in [0.4, 0.5) is 4.79 Å². The smallest absolute Gasteiger partial charge is 0.410 e. The van der Waals surface area contributed by atoms with Crippen LogP contribution < -0.4 is 0 Å². The molecule has 2 aliphatic rings. The molecule has 2 atom stereocenters. The summed E-state index contributed by atoms with van der Waals surface area (Å²) >= 11 is 0. The third kappa shape index (κ3) is 2.78. The minimum absolute atomic E-state index is 0.209. The van der Waals surface area contributed by atoms with Crippen LogP contribution in [0.3, 0.4) is 0 Å². The molecule has 2 fully saturated rings. The minimum atomic E-state index is -0.933. The molecule has 0 aromatic carbocycles. The van der Waals surface area contributed by atoms with Gasteiger partial charge in [-0.1, -0.05) is 0 Å². The Bertz CT molecular complexity index is 332. The summed E-state index contributed by atoms with van der Waals surface area (Å²) in [6.45, 7) is 6.20. The van der Waals surface area contributed by atoms with E-state index in [9.17, 15) is 9.90 Å². The summed E-state index contributed by atoms with van der Waals surface area (Å²) in [6.07, 6.45) is 1.77. The van der Waals surface area contributed by atoms with Crippen LogP contribution in [0.25, 0.3) is 0 Å². The number of aliphatic hydroxyl groups excluding tert-OH is 1. The summed E-state index contributed by atoms with van der Waals surface area (Å²) in [6, 6.07) is -0.285. The third-order valence-corrected chi connectivity index (χ3v) is 3.70. The Morgan fingerprint density at radius 3 is 2.50 bits per heavy atom. The largest absolute Gasteiger partial charge is 0.444 e. The van der Waals surface area contributed by atoms with E-state index in [1.807, 2.05) is 20.8 Å². The van der Waals surface area contributed by atoms with Crippen molar-refractivity contribution in [2.45, 2.75) is 58.0 Å². The van der Waals surface area contributed by atoms with Crippen molar-refractivity contribution in [3.8, 4) is 0 Å². The molecule has 1 saturated carbocycles. The lowest BCUT2D eigenvalue weighted by Crippen LogP contribution is -2.45. The van der Waals surface area contributed by atoms with Crippen LogP contribution in [0.2, 0.25) is 0 Å². The lowest BCUT2D eigenvalue weighted by Gasteiger charge is -2.30. The van der Waals surface area contributed by atoms with Crippen molar-refractivity contribution in [2.24, 2.45) is 5.41 Å². The molecule has 0 radical (unpaired) electrons. The number of carbonyl (C=O) groups excluding carboxylic acids is 1. The molecule has 2 rings (SSSR count). The van der Waals surface area contributed by atoms with Gasteiger partial charge < -0.3 is 14.6 Å². The first-order chi connectivity index (χ1) is 8.26. The number of ether oxygens (including phenoxy) is 2. The van der Waals surface area contributed by atoms with E-state index in [-0.39, 0.29) is 17.6 Å². The first kappa shape index (κ1) is 13.6. The van der Waals surface area contributed by atoms with Crippen molar-refractivity contribution in [1.29, 1.82) is 0 Å². The summed E-state index contributed by atoms with van der Waals surface area (Å²) in [5.41, 5.74) is -0.306. The second kappa shape index (κ2) is 4.38. The van der Waals surface area contributed by atoms with Crippen LogP contribution in [0.15, 0.2) is 0 Å². The number of aliphatic hydroxyl groups is 1. The summed E-state index contributed by atoms with van der Waals surface area (Å²) < 4.78 is 10.4. The fourth-order valence-electron chi connectivity index (χ4n) is 2.57. The van der Waals surface area contributed by atoms with Crippen molar-refractivity contribution in [2.75, 3.05) is 13.7 Å². The molecule has 5 nitrogen and oxygen atoms in total. The van der Waals surface area contributed by atoms with E-state index < -0.39 is 11.9 Å². The molecule has 0 bridgehead atoms. The SMILES string of the molecule is COC(O)C1CC2(CC2)CN1C(=O)OC(C)(C)C. The van der Waals surface area contributed by atoms with E-state index >= 15 is 0 Å². The van der Waals surface area contributed by atoms with Gasteiger partial charge in [-0.2, -0.15) is 0 Å². The van der Waals surface area contributed by atoms with Crippen LogP contribution in [-0.4, -0.2) is 47.7 Å². The van der Waals surface area contributed by atoms with Crippen LogP contribution in [-0.2, 0) is 9.47 Å². The number of amides is 1. The van der Waals surface area contributed by atoms with Crippen LogP contribution in [0.1, 0.15) is 40.0 Å². The molecule has 0 aromatic rings. The van der Waals surface area contributed by atoms with Crippen LogP contribution in [0.5, 0.6) is 0 Å². The average Bonchev–Trinajstić information content (AvgIpc) is 2.86. The van der Waals surface area contributed by atoms with Gasteiger partial charge in [-0.15, -0.1) is 0 Å². The normalized spacial score (nSPS) is 27.4. The minimum Gasteiger partial charge on any atom is -0.444 e. The zero-order chi connectivity index (χ0) is 13.6. The number of carbonyl (C=O) groups is 1. The second-order valence-corrected chi connectivity index (χ2v) is 6.51. The van der Waals surface area contributed by atoms with Gasteiger partial charge in [-0.05, 0) is 45.4 Å². The molecule has 104 valence electrons. The van der Waals surface area contributed by atoms with Crippen LogP contribution >= 0.6 is 0 Å². The lowest BCUT2D eigenvalue weighted by atomic mass is 10.0. The molecule has 0 aromatic heterocycles. The molecule has 5 heteroatoms. The lowest BCUT2D eigenvalue weighted by molar-refractivity contribution is -0.116. The second-order valence-electron chi connectivity index (χ2n) is 6.51. The summed E-state index contributed by atoms with van der Waals surface area (Å²) in [7, 11) is 1.45. The van der Waals surface area contributed by atoms with Gasteiger partial charge in [0.2, 0.25) is 0 Å². The first-order valence-corrected chi connectivity index (χ1v) is 6.47. The van der Waals surface area contributed by atoms with E-state index in [2.05, 4.69) is 0 Å². The van der Waals surface area contributed by atoms with Crippen LogP contribution in [0, 0.1) is 5.41 Å². The Hall–Kier alpha value is -0.810.